The van der Waals surface area contributed by atoms with E-state index in [1.54, 1.807) is 43.3 Å². The summed E-state index contributed by atoms with van der Waals surface area (Å²) in [5, 5.41) is 9.20. The highest BCUT2D eigenvalue weighted by molar-refractivity contribution is 7.21. The van der Waals surface area contributed by atoms with Gasteiger partial charge in [-0.25, -0.2) is 9.18 Å². The van der Waals surface area contributed by atoms with E-state index in [1.165, 1.54) is 17.4 Å². The summed E-state index contributed by atoms with van der Waals surface area (Å²) in [6.45, 7) is 1.99. The lowest BCUT2D eigenvalue weighted by Gasteiger charge is -2.08. The molecule has 0 atom stereocenters. The zero-order chi connectivity index (χ0) is 17.8. The molecular weight excluding hydrogens is 341 g/mol. The van der Waals surface area contributed by atoms with E-state index >= 15 is 0 Å². The van der Waals surface area contributed by atoms with Crippen LogP contribution in [0.25, 0.3) is 10.1 Å². The second-order valence-corrected chi connectivity index (χ2v) is 6.22. The molecule has 0 amide bonds. The van der Waals surface area contributed by atoms with Crippen LogP contribution in [-0.4, -0.2) is 12.6 Å². The molecule has 1 aromatic heterocycles. The molecule has 0 bridgehead atoms. The van der Waals surface area contributed by atoms with Gasteiger partial charge in [0.05, 0.1) is 18.2 Å². The van der Waals surface area contributed by atoms with Crippen LogP contribution >= 0.6 is 11.3 Å². The molecule has 0 spiro atoms. The average molecular weight is 355 g/mol. The Bertz CT molecular complexity index is 957. The smallest absolute Gasteiger partial charge is 0.348 e. The number of carbonyl (C=O) groups excluding carboxylic acids is 1. The van der Waals surface area contributed by atoms with Crippen LogP contribution in [0, 0.1) is 17.1 Å². The molecule has 0 N–H and O–H groups in total. The minimum absolute atomic E-state index is 0.0288. The minimum atomic E-state index is -0.485. The van der Waals surface area contributed by atoms with E-state index in [2.05, 4.69) is 0 Å². The molecule has 0 fully saturated rings. The molecule has 0 aliphatic rings. The van der Waals surface area contributed by atoms with E-state index in [-0.39, 0.29) is 13.2 Å². The topological polar surface area (TPSA) is 59.3 Å². The number of nitrogens with zero attached hydrogens (tertiary/aromatic N) is 1. The maximum absolute atomic E-state index is 14.3. The lowest BCUT2D eigenvalue weighted by Crippen LogP contribution is -2.07. The number of fused-ring (bicyclic) bond motifs is 1. The fourth-order valence-corrected chi connectivity index (χ4v) is 3.56. The second kappa shape index (κ2) is 7.32. The molecule has 1 heterocycles. The molecule has 6 heteroatoms. The van der Waals surface area contributed by atoms with Crippen LogP contribution < -0.4 is 4.74 Å². The Kier molecular flexibility index (Phi) is 4.96. The van der Waals surface area contributed by atoms with Crippen molar-refractivity contribution in [1.82, 2.24) is 0 Å². The first-order chi connectivity index (χ1) is 12.1. The Hall–Kier alpha value is -2.91. The number of rotatable bonds is 5. The Morgan fingerprint density at radius 1 is 1.24 bits per heavy atom. The summed E-state index contributed by atoms with van der Waals surface area (Å²) >= 11 is 1.19. The van der Waals surface area contributed by atoms with E-state index in [9.17, 15) is 9.18 Å². The Morgan fingerprint density at radius 2 is 2.00 bits per heavy atom. The molecule has 4 nitrogen and oxygen atoms in total. The molecule has 3 rings (SSSR count). The van der Waals surface area contributed by atoms with E-state index in [4.69, 9.17) is 14.7 Å². The Morgan fingerprint density at radius 3 is 2.68 bits per heavy atom. The number of thiophene rings is 1. The lowest BCUT2D eigenvalue weighted by atomic mass is 10.1. The van der Waals surface area contributed by atoms with Crippen molar-refractivity contribution < 1.29 is 18.7 Å². The van der Waals surface area contributed by atoms with E-state index < -0.39 is 11.8 Å². The quantitative estimate of drug-likeness (QED) is 0.624. The summed E-state index contributed by atoms with van der Waals surface area (Å²) in [5.41, 5.74) is 0.993. The van der Waals surface area contributed by atoms with Crippen molar-refractivity contribution >= 4 is 27.4 Å². The third kappa shape index (κ3) is 3.47. The van der Waals surface area contributed by atoms with Gasteiger partial charge in [0.2, 0.25) is 0 Å². The van der Waals surface area contributed by atoms with Crippen molar-refractivity contribution in [2.45, 2.75) is 13.5 Å². The fraction of sp³-hybridized carbons (Fsp3) is 0.158. The largest absolute Gasteiger partial charge is 0.489 e. The van der Waals surface area contributed by atoms with Crippen LogP contribution in [0.2, 0.25) is 0 Å². The van der Waals surface area contributed by atoms with E-state index in [0.717, 1.165) is 0 Å². The van der Waals surface area contributed by atoms with Gasteiger partial charge < -0.3 is 9.47 Å². The standard InChI is InChI=1S/C19H14FNO3S/c1-2-23-19(22)18-14(17-15(20)4-3-5-16(17)25-18)11-24-13-8-6-12(10-21)7-9-13/h3-9H,2,11H2,1H3. The summed E-state index contributed by atoms with van der Waals surface area (Å²) in [4.78, 5) is 12.6. The zero-order valence-corrected chi connectivity index (χ0v) is 14.2. The summed E-state index contributed by atoms with van der Waals surface area (Å²) < 4.78 is 25.7. The van der Waals surface area contributed by atoms with Crippen molar-refractivity contribution in [3.05, 3.63) is 64.3 Å². The Labute approximate surface area is 148 Å². The van der Waals surface area contributed by atoms with Crippen molar-refractivity contribution in [3.8, 4) is 11.8 Å². The molecule has 0 saturated heterocycles. The predicted molar refractivity (Wildman–Crippen MR) is 93.2 cm³/mol. The number of nitriles is 1. The highest BCUT2D eigenvalue weighted by atomic mass is 32.1. The van der Waals surface area contributed by atoms with Crippen LogP contribution in [0.3, 0.4) is 0 Å². The van der Waals surface area contributed by atoms with Crippen LogP contribution in [-0.2, 0) is 11.3 Å². The number of benzene rings is 2. The number of ether oxygens (including phenoxy) is 2. The van der Waals surface area contributed by atoms with Crippen molar-refractivity contribution in [1.29, 1.82) is 5.26 Å². The van der Waals surface area contributed by atoms with Crippen LogP contribution in [0.15, 0.2) is 42.5 Å². The molecular formula is C19H14FNO3S. The second-order valence-electron chi connectivity index (χ2n) is 5.17. The first-order valence-electron chi connectivity index (χ1n) is 7.64. The maximum atomic E-state index is 14.3. The van der Waals surface area contributed by atoms with Crippen LogP contribution in [0.5, 0.6) is 5.75 Å². The molecule has 0 saturated carbocycles. The minimum Gasteiger partial charge on any atom is -0.489 e. The molecule has 0 aliphatic heterocycles. The van der Waals surface area contributed by atoms with Crippen molar-refractivity contribution in [2.24, 2.45) is 0 Å². The number of carbonyl (C=O) groups is 1. The molecule has 0 radical (unpaired) electrons. The van der Waals surface area contributed by atoms with E-state index in [1.807, 2.05) is 6.07 Å². The third-order valence-electron chi connectivity index (χ3n) is 3.59. The number of halogens is 1. The highest BCUT2D eigenvalue weighted by Crippen LogP contribution is 2.34. The lowest BCUT2D eigenvalue weighted by molar-refractivity contribution is 0.0529. The van der Waals surface area contributed by atoms with Gasteiger partial charge in [0.1, 0.15) is 23.1 Å². The highest BCUT2D eigenvalue weighted by Gasteiger charge is 2.22. The zero-order valence-electron chi connectivity index (χ0n) is 13.4. The van der Waals surface area contributed by atoms with Crippen molar-refractivity contribution in [2.75, 3.05) is 6.61 Å². The molecule has 2 aromatic carbocycles. The SMILES string of the molecule is CCOC(=O)c1sc2cccc(F)c2c1COc1ccc(C#N)cc1. The summed E-state index contributed by atoms with van der Waals surface area (Å²) in [5.74, 6) is -0.353. The van der Waals surface area contributed by atoms with Gasteiger partial charge in [0.25, 0.3) is 0 Å². The summed E-state index contributed by atoms with van der Waals surface area (Å²) in [7, 11) is 0. The maximum Gasteiger partial charge on any atom is 0.348 e. The molecule has 0 unspecified atom stereocenters. The van der Waals surface area contributed by atoms with Gasteiger partial charge in [0.15, 0.2) is 0 Å². The summed E-state index contributed by atoms with van der Waals surface area (Å²) in [6.07, 6.45) is 0. The van der Waals surface area contributed by atoms with Gasteiger partial charge in [0, 0.05) is 15.6 Å². The van der Waals surface area contributed by atoms with Crippen LogP contribution in [0.4, 0.5) is 4.39 Å². The summed E-state index contributed by atoms with van der Waals surface area (Å²) in [6, 6.07) is 13.3. The predicted octanol–water partition coefficient (Wildman–Crippen LogP) is 4.67. The third-order valence-corrected chi connectivity index (χ3v) is 4.77. The monoisotopic (exact) mass is 355 g/mol. The van der Waals surface area contributed by atoms with Gasteiger partial charge in [-0.05, 0) is 43.3 Å². The average Bonchev–Trinajstić information content (AvgIpc) is 3.01. The number of esters is 1. The van der Waals surface area contributed by atoms with Gasteiger partial charge in [-0.2, -0.15) is 5.26 Å². The van der Waals surface area contributed by atoms with Gasteiger partial charge in [-0.15, -0.1) is 11.3 Å². The first kappa shape index (κ1) is 16.9. The number of hydrogen-bond donors (Lipinski definition) is 0. The molecule has 3 aromatic rings. The van der Waals surface area contributed by atoms with Gasteiger partial charge in [-0.3, -0.25) is 0 Å². The normalized spacial score (nSPS) is 10.4. The molecule has 126 valence electrons. The Balaban J connectivity index is 1.96. The van der Waals surface area contributed by atoms with Gasteiger partial charge in [-0.1, -0.05) is 6.07 Å². The molecule has 0 aliphatic carbocycles. The van der Waals surface area contributed by atoms with Crippen molar-refractivity contribution in [3.63, 3.8) is 0 Å². The van der Waals surface area contributed by atoms with Gasteiger partial charge >= 0.3 is 5.97 Å². The first-order valence-corrected chi connectivity index (χ1v) is 8.45. The van der Waals surface area contributed by atoms with Crippen LogP contribution in [0.1, 0.15) is 27.7 Å². The fourth-order valence-electron chi connectivity index (χ4n) is 2.45. The molecule has 25 heavy (non-hydrogen) atoms. The van der Waals surface area contributed by atoms with E-state index in [0.29, 0.717) is 31.8 Å². The number of hydrogen-bond acceptors (Lipinski definition) is 5.